The Morgan fingerprint density at radius 1 is 0.417 bits per heavy atom. The first-order valence-corrected chi connectivity index (χ1v) is 15.7. The summed E-state index contributed by atoms with van der Waals surface area (Å²) in [5.74, 6) is 0. The highest BCUT2D eigenvalue weighted by molar-refractivity contribution is 8.63. The number of hydrogen-bond acceptors (Lipinski definition) is 2. The van der Waals surface area contributed by atoms with Crippen LogP contribution in [0.15, 0.2) is 0 Å². The van der Waals surface area contributed by atoms with Crippen LogP contribution in [-0.4, -0.2) is 71.0 Å². The molecule has 0 unspecified atom stereocenters. The lowest BCUT2D eigenvalue weighted by Gasteiger charge is -2.54. The van der Waals surface area contributed by atoms with Crippen LogP contribution in [0, 0.1) is 0 Å². The molecular formula is C16H40N4P2S2. The Labute approximate surface area is 162 Å². The molecule has 0 amide bonds. The smallest absolute Gasteiger partial charge is 0.136 e. The molecule has 0 aromatic carbocycles. The highest BCUT2D eigenvalue weighted by Gasteiger charge is 2.48. The number of rotatable bonds is 13. The van der Waals surface area contributed by atoms with Gasteiger partial charge < -0.3 is 0 Å². The second-order valence-corrected chi connectivity index (χ2v) is 17.9. The van der Waals surface area contributed by atoms with E-state index >= 15 is 0 Å². The van der Waals surface area contributed by atoms with Crippen molar-refractivity contribution >= 4 is 35.7 Å². The van der Waals surface area contributed by atoms with Crippen molar-refractivity contribution in [3.05, 3.63) is 0 Å². The van der Waals surface area contributed by atoms with Crippen molar-refractivity contribution in [1.82, 2.24) is 18.7 Å². The van der Waals surface area contributed by atoms with Crippen LogP contribution >= 0.6 is 12.1 Å². The van der Waals surface area contributed by atoms with Crippen LogP contribution in [0.4, 0.5) is 0 Å². The van der Waals surface area contributed by atoms with Crippen LogP contribution in [0.3, 0.4) is 0 Å². The van der Waals surface area contributed by atoms with E-state index in [-0.39, 0.29) is 0 Å². The van der Waals surface area contributed by atoms with E-state index in [0.717, 1.165) is 52.4 Å². The molecule has 0 atom stereocenters. The zero-order valence-corrected chi connectivity index (χ0v) is 20.6. The maximum atomic E-state index is 6.62. The predicted molar refractivity (Wildman–Crippen MR) is 120 cm³/mol. The fourth-order valence-corrected chi connectivity index (χ4v) is 21.8. The van der Waals surface area contributed by atoms with E-state index in [1.165, 1.54) is 0 Å². The Balaban J connectivity index is 6.69. The van der Waals surface area contributed by atoms with Crippen molar-refractivity contribution < 1.29 is 0 Å². The molecule has 0 saturated carbocycles. The van der Waals surface area contributed by atoms with Gasteiger partial charge in [0.1, 0.15) is 12.1 Å². The lowest BCUT2D eigenvalue weighted by molar-refractivity contribution is 0.405. The van der Waals surface area contributed by atoms with Crippen molar-refractivity contribution in [1.29, 1.82) is 0 Å². The molecule has 0 N–H and O–H groups in total. The minimum absolute atomic E-state index is 0.977. The van der Waals surface area contributed by atoms with E-state index in [4.69, 9.17) is 23.6 Å². The lowest BCUT2D eigenvalue weighted by atomic mass is 10.7. The average molecular weight is 415 g/mol. The summed E-state index contributed by atoms with van der Waals surface area (Å²) < 4.78 is 10.1. The molecule has 0 aromatic heterocycles. The third-order valence-electron chi connectivity index (χ3n) is 4.73. The summed E-state index contributed by atoms with van der Waals surface area (Å²) in [6.07, 6.45) is 0. The van der Waals surface area contributed by atoms with Gasteiger partial charge in [-0.15, -0.1) is 0 Å². The zero-order chi connectivity index (χ0) is 19.0. The molecule has 8 heteroatoms. The highest BCUT2D eigenvalue weighted by atomic mass is 32.8. The molecule has 0 aliphatic carbocycles. The fourth-order valence-electron chi connectivity index (χ4n) is 3.39. The van der Waals surface area contributed by atoms with Gasteiger partial charge in [-0.05, 0) is 0 Å². The number of nitrogens with zero attached hydrogens (tertiary/aromatic N) is 4. The fraction of sp³-hybridized carbons (Fsp3) is 1.00. The van der Waals surface area contributed by atoms with Gasteiger partial charge in [-0.3, -0.25) is 18.7 Å². The summed E-state index contributed by atoms with van der Waals surface area (Å²) in [6.45, 7) is 25.7. The molecule has 24 heavy (non-hydrogen) atoms. The maximum absolute atomic E-state index is 6.62. The van der Waals surface area contributed by atoms with Crippen LogP contribution in [0.1, 0.15) is 55.4 Å². The van der Waals surface area contributed by atoms with Crippen LogP contribution in [0.25, 0.3) is 0 Å². The molecule has 0 bridgehead atoms. The van der Waals surface area contributed by atoms with Crippen LogP contribution in [0.2, 0.25) is 0 Å². The van der Waals surface area contributed by atoms with Crippen molar-refractivity contribution in [3.8, 4) is 0 Å². The maximum Gasteiger partial charge on any atom is 0.136 e. The van der Waals surface area contributed by atoms with Crippen molar-refractivity contribution in [3.63, 3.8) is 0 Å². The van der Waals surface area contributed by atoms with Crippen LogP contribution < -0.4 is 0 Å². The first-order chi connectivity index (χ1) is 11.3. The molecule has 0 saturated heterocycles. The molecule has 0 aliphatic heterocycles. The zero-order valence-electron chi connectivity index (χ0n) is 17.2. The predicted octanol–water partition coefficient (Wildman–Crippen LogP) is 4.89. The van der Waals surface area contributed by atoms with Gasteiger partial charge >= 0.3 is 0 Å². The largest absolute Gasteiger partial charge is 0.258 e. The third-order valence-corrected chi connectivity index (χ3v) is 23.5. The normalized spacial score (nSPS) is 13.7. The molecule has 0 radical (unpaired) electrons. The second-order valence-electron chi connectivity index (χ2n) is 5.58. The molecule has 0 aromatic rings. The molecule has 0 spiro atoms. The molecule has 0 aliphatic rings. The van der Waals surface area contributed by atoms with Gasteiger partial charge in [0, 0.05) is 52.4 Å². The van der Waals surface area contributed by atoms with Gasteiger partial charge in [0.2, 0.25) is 0 Å². The van der Waals surface area contributed by atoms with Crippen LogP contribution in [-0.2, 0) is 23.6 Å². The van der Waals surface area contributed by atoms with Gasteiger partial charge in [-0.1, -0.05) is 79.0 Å². The summed E-state index contributed by atoms with van der Waals surface area (Å²) in [5, 5.41) is 0. The Morgan fingerprint density at radius 3 is 0.625 bits per heavy atom. The summed E-state index contributed by atoms with van der Waals surface area (Å²) >= 11 is 13.2. The highest BCUT2D eigenvalue weighted by Crippen LogP contribution is 2.87. The lowest BCUT2D eigenvalue weighted by Crippen LogP contribution is -2.40. The number of hydrogen-bond donors (Lipinski definition) is 0. The minimum Gasteiger partial charge on any atom is -0.258 e. The second kappa shape index (κ2) is 11.8. The summed E-state index contributed by atoms with van der Waals surface area (Å²) in [6, 6.07) is -4.12. The molecule has 4 nitrogen and oxygen atoms in total. The van der Waals surface area contributed by atoms with Crippen molar-refractivity contribution in [2.24, 2.45) is 0 Å². The van der Waals surface area contributed by atoms with Crippen molar-refractivity contribution in [2.75, 3.05) is 52.4 Å². The molecule has 0 fully saturated rings. The monoisotopic (exact) mass is 414 g/mol. The molecular weight excluding hydrogens is 374 g/mol. The van der Waals surface area contributed by atoms with E-state index in [1.54, 1.807) is 0 Å². The third kappa shape index (κ3) is 4.51. The first-order valence-electron chi connectivity index (χ1n) is 9.55. The quantitative estimate of drug-likeness (QED) is 0.395. The van der Waals surface area contributed by atoms with E-state index in [2.05, 4.69) is 74.1 Å². The van der Waals surface area contributed by atoms with Gasteiger partial charge in [0.25, 0.3) is 0 Å². The van der Waals surface area contributed by atoms with Gasteiger partial charge in [0.15, 0.2) is 0 Å². The summed E-state index contributed by atoms with van der Waals surface area (Å²) in [5.41, 5.74) is 0. The Kier molecular flexibility index (Phi) is 12.3. The molecule has 0 rings (SSSR count). The van der Waals surface area contributed by atoms with E-state index < -0.39 is 12.1 Å². The topological polar surface area (TPSA) is 13.0 Å². The van der Waals surface area contributed by atoms with Crippen LogP contribution in [0.5, 0.6) is 0 Å². The van der Waals surface area contributed by atoms with Gasteiger partial charge in [-0.25, -0.2) is 0 Å². The summed E-state index contributed by atoms with van der Waals surface area (Å²) in [4.78, 5) is 0. The standard InChI is InChI=1S/C16H40N4P2S2/c1-9-17(10-2)21(23,18(11-3)12-4)22(24,19(13-5)14-6)20(15-7)16-8/h9-16H2,1-8H3. The van der Waals surface area contributed by atoms with Gasteiger partial charge in [-0.2, -0.15) is 0 Å². The Bertz CT molecular complexity index is 360. The SMILES string of the molecule is CCN(CC)P(=S)(N(CC)CC)P(=S)(N(CC)CC)N(CC)CC. The summed E-state index contributed by atoms with van der Waals surface area (Å²) in [7, 11) is 0. The Morgan fingerprint density at radius 2 is 0.542 bits per heavy atom. The van der Waals surface area contributed by atoms with Gasteiger partial charge in [0.05, 0.1) is 0 Å². The van der Waals surface area contributed by atoms with E-state index in [0.29, 0.717) is 0 Å². The minimum atomic E-state index is -2.06. The van der Waals surface area contributed by atoms with E-state index in [9.17, 15) is 0 Å². The molecule has 146 valence electrons. The average Bonchev–Trinajstić information content (AvgIpc) is 2.58. The van der Waals surface area contributed by atoms with E-state index in [1.807, 2.05) is 0 Å². The first kappa shape index (κ1) is 25.1. The molecule has 0 heterocycles. The van der Waals surface area contributed by atoms with Crippen molar-refractivity contribution in [2.45, 2.75) is 55.4 Å². The Hall–Kier alpha value is 1.14.